The third kappa shape index (κ3) is 3.10. The summed E-state index contributed by atoms with van der Waals surface area (Å²) in [5.41, 5.74) is 0.831. The van der Waals surface area contributed by atoms with Crippen molar-refractivity contribution in [3.05, 3.63) is 35.9 Å². The van der Waals surface area contributed by atoms with Crippen molar-refractivity contribution in [2.24, 2.45) is 0 Å². The van der Waals surface area contributed by atoms with Crippen molar-refractivity contribution in [3.63, 3.8) is 0 Å². The van der Waals surface area contributed by atoms with Crippen molar-refractivity contribution in [2.45, 2.75) is 19.3 Å². The molecule has 1 atom stereocenters. The molecule has 0 aliphatic rings. The SMILES string of the molecule is CCOC(=O)[C@@H](CC#N)c1ccccc1. The highest BCUT2D eigenvalue weighted by Gasteiger charge is 2.21. The van der Waals surface area contributed by atoms with Gasteiger partial charge in [-0.25, -0.2) is 0 Å². The number of nitriles is 1. The van der Waals surface area contributed by atoms with E-state index in [1.54, 1.807) is 6.92 Å². The van der Waals surface area contributed by atoms with Crippen LogP contribution < -0.4 is 0 Å². The van der Waals surface area contributed by atoms with E-state index >= 15 is 0 Å². The van der Waals surface area contributed by atoms with Gasteiger partial charge >= 0.3 is 5.97 Å². The average molecular weight is 203 g/mol. The summed E-state index contributed by atoms with van der Waals surface area (Å²) in [6.07, 6.45) is 0.156. The van der Waals surface area contributed by atoms with Crippen molar-refractivity contribution in [2.75, 3.05) is 6.61 Å². The molecule has 0 heterocycles. The number of ether oxygens (including phenoxy) is 1. The third-order valence-corrected chi connectivity index (χ3v) is 2.07. The summed E-state index contributed by atoms with van der Waals surface area (Å²) in [7, 11) is 0. The fourth-order valence-corrected chi connectivity index (χ4v) is 1.36. The minimum atomic E-state index is -0.462. The number of nitrogens with zero attached hydrogens (tertiary/aromatic N) is 1. The van der Waals surface area contributed by atoms with Gasteiger partial charge in [-0.15, -0.1) is 0 Å². The molecule has 3 heteroatoms. The normalized spacial score (nSPS) is 11.5. The molecule has 0 aromatic heterocycles. The quantitative estimate of drug-likeness (QED) is 0.705. The lowest BCUT2D eigenvalue weighted by atomic mass is 9.97. The Kier molecular flexibility index (Phi) is 4.36. The lowest BCUT2D eigenvalue weighted by molar-refractivity contribution is -0.144. The largest absolute Gasteiger partial charge is 0.465 e. The van der Waals surface area contributed by atoms with Crippen molar-refractivity contribution < 1.29 is 9.53 Å². The summed E-state index contributed by atoms with van der Waals surface area (Å²) in [5, 5.41) is 8.66. The molecule has 0 aliphatic heterocycles. The lowest BCUT2D eigenvalue weighted by Crippen LogP contribution is -2.15. The molecule has 0 amide bonds. The van der Waals surface area contributed by atoms with Gasteiger partial charge in [0.25, 0.3) is 0 Å². The number of carbonyl (C=O) groups is 1. The van der Waals surface area contributed by atoms with Crippen molar-refractivity contribution in [1.82, 2.24) is 0 Å². The molecule has 0 saturated carbocycles. The van der Waals surface area contributed by atoms with Crippen LogP contribution in [0.15, 0.2) is 30.3 Å². The topological polar surface area (TPSA) is 50.1 Å². The van der Waals surface area contributed by atoms with E-state index in [1.807, 2.05) is 36.4 Å². The van der Waals surface area contributed by atoms with Crippen LogP contribution in [0, 0.1) is 11.3 Å². The van der Waals surface area contributed by atoms with Crippen molar-refractivity contribution in [1.29, 1.82) is 5.26 Å². The second-order valence-corrected chi connectivity index (χ2v) is 3.08. The van der Waals surface area contributed by atoms with Gasteiger partial charge in [0, 0.05) is 0 Å². The molecule has 1 rings (SSSR count). The number of esters is 1. The number of hydrogen-bond acceptors (Lipinski definition) is 3. The van der Waals surface area contributed by atoms with Crippen LogP contribution in [0.1, 0.15) is 24.8 Å². The summed E-state index contributed by atoms with van der Waals surface area (Å²) < 4.78 is 4.92. The maximum atomic E-state index is 11.6. The molecular formula is C12H13NO2. The van der Waals surface area contributed by atoms with Gasteiger partial charge < -0.3 is 4.74 Å². The van der Waals surface area contributed by atoms with Gasteiger partial charge in [0.05, 0.1) is 25.0 Å². The van der Waals surface area contributed by atoms with E-state index in [-0.39, 0.29) is 12.4 Å². The van der Waals surface area contributed by atoms with Crippen LogP contribution in [-0.4, -0.2) is 12.6 Å². The van der Waals surface area contributed by atoms with E-state index in [0.717, 1.165) is 5.56 Å². The highest BCUT2D eigenvalue weighted by atomic mass is 16.5. The molecule has 0 bridgehead atoms. The third-order valence-electron chi connectivity index (χ3n) is 2.07. The van der Waals surface area contributed by atoms with Gasteiger partial charge in [-0.05, 0) is 12.5 Å². The highest BCUT2D eigenvalue weighted by molar-refractivity contribution is 5.78. The van der Waals surface area contributed by atoms with Crippen molar-refractivity contribution in [3.8, 4) is 6.07 Å². The molecule has 3 nitrogen and oxygen atoms in total. The van der Waals surface area contributed by atoms with Crippen LogP contribution in [0.2, 0.25) is 0 Å². The minimum Gasteiger partial charge on any atom is -0.465 e. The molecule has 0 fully saturated rings. The molecule has 1 aromatic carbocycles. The first-order valence-corrected chi connectivity index (χ1v) is 4.88. The number of hydrogen-bond donors (Lipinski definition) is 0. The van der Waals surface area contributed by atoms with E-state index in [9.17, 15) is 4.79 Å². The lowest BCUT2D eigenvalue weighted by Gasteiger charge is -2.12. The molecule has 0 radical (unpaired) electrons. The predicted octanol–water partition coefficient (Wildman–Crippen LogP) is 2.25. The molecular weight excluding hydrogens is 190 g/mol. The van der Waals surface area contributed by atoms with Crippen LogP contribution in [0.4, 0.5) is 0 Å². The summed E-state index contributed by atoms with van der Waals surface area (Å²) in [4.78, 5) is 11.6. The summed E-state index contributed by atoms with van der Waals surface area (Å²) in [6.45, 7) is 2.10. The smallest absolute Gasteiger partial charge is 0.314 e. The Labute approximate surface area is 89.3 Å². The highest BCUT2D eigenvalue weighted by Crippen LogP contribution is 2.20. The van der Waals surface area contributed by atoms with Gasteiger partial charge in [0.15, 0.2) is 0 Å². The first-order chi connectivity index (χ1) is 7.29. The Morgan fingerprint density at radius 3 is 2.67 bits per heavy atom. The zero-order valence-corrected chi connectivity index (χ0v) is 8.64. The number of rotatable bonds is 4. The van der Waals surface area contributed by atoms with Gasteiger partial charge in [-0.2, -0.15) is 5.26 Å². The summed E-state index contributed by atoms with van der Waals surface area (Å²) in [5.74, 6) is -0.790. The summed E-state index contributed by atoms with van der Waals surface area (Å²) >= 11 is 0. The molecule has 78 valence electrons. The van der Waals surface area contributed by atoms with Crippen molar-refractivity contribution >= 4 is 5.97 Å². The van der Waals surface area contributed by atoms with Crippen LogP contribution in [0.25, 0.3) is 0 Å². The average Bonchev–Trinajstić information content (AvgIpc) is 2.27. The number of carbonyl (C=O) groups excluding carboxylic acids is 1. The van der Waals surface area contributed by atoms with Gasteiger partial charge in [0.1, 0.15) is 0 Å². The fraction of sp³-hybridized carbons (Fsp3) is 0.333. The zero-order chi connectivity index (χ0) is 11.1. The maximum Gasteiger partial charge on any atom is 0.314 e. The standard InChI is InChI=1S/C12H13NO2/c1-2-15-12(14)11(8-9-13)10-6-4-3-5-7-10/h3-7,11H,2,8H2,1H3/t11-/m0/s1. The Balaban J connectivity index is 2.84. The van der Waals surface area contributed by atoms with E-state index in [2.05, 4.69) is 0 Å². The molecule has 1 aromatic rings. The molecule has 0 unspecified atom stereocenters. The predicted molar refractivity (Wildman–Crippen MR) is 56.0 cm³/mol. The Morgan fingerprint density at radius 1 is 1.47 bits per heavy atom. The van der Waals surface area contributed by atoms with E-state index in [1.165, 1.54) is 0 Å². The second kappa shape index (κ2) is 5.82. The van der Waals surface area contributed by atoms with E-state index in [4.69, 9.17) is 10.00 Å². The second-order valence-electron chi connectivity index (χ2n) is 3.08. The van der Waals surface area contributed by atoms with E-state index < -0.39 is 5.92 Å². The molecule has 15 heavy (non-hydrogen) atoms. The van der Waals surface area contributed by atoms with Crippen LogP contribution in [0.3, 0.4) is 0 Å². The molecule has 0 saturated heterocycles. The first kappa shape index (κ1) is 11.3. The molecule has 0 N–H and O–H groups in total. The van der Waals surface area contributed by atoms with Gasteiger partial charge in [-0.3, -0.25) is 4.79 Å². The van der Waals surface area contributed by atoms with Gasteiger partial charge in [0.2, 0.25) is 0 Å². The Bertz CT molecular complexity index is 354. The number of benzene rings is 1. The Hall–Kier alpha value is -1.82. The minimum absolute atomic E-state index is 0.156. The zero-order valence-electron chi connectivity index (χ0n) is 8.64. The Morgan fingerprint density at radius 2 is 2.13 bits per heavy atom. The fourth-order valence-electron chi connectivity index (χ4n) is 1.36. The van der Waals surface area contributed by atoms with E-state index in [0.29, 0.717) is 6.61 Å². The van der Waals surface area contributed by atoms with Crippen LogP contribution in [0.5, 0.6) is 0 Å². The molecule has 0 aliphatic carbocycles. The monoisotopic (exact) mass is 203 g/mol. The molecule has 0 spiro atoms. The van der Waals surface area contributed by atoms with Crippen LogP contribution in [-0.2, 0) is 9.53 Å². The van der Waals surface area contributed by atoms with Gasteiger partial charge in [-0.1, -0.05) is 30.3 Å². The maximum absolute atomic E-state index is 11.6. The first-order valence-electron chi connectivity index (χ1n) is 4.88. The summed E-state index contributed by atoms with van der Waals surface area (Å²) in [6, 6.07) is 11.2. The van der Waals surface area contributed by atoms with Crippen LogP contribution >= 0.6 is 0 Å².